The molecule has 0 bridgehead atoms. The quantitative estimate of drug-likeness (QED) is 0.204. The van der Waals surface area contributed by atoms with Crippen LogP contribution in [0.3, 0.4) is 0 Å². The van der Waals surface area contributed by atoms with Crippen LogP contribution in [0.4, 0.5) is 0 Å². The van der Waals surface area contributed by atoms with Crippen LogP contribution in [0.2, 0.25) is 0 Å². The molecule has 0 heterocycles. The van der Waals surface area contributed by atoms with Gasteiger partial charge in [0, 0.05) is 6.54 Å². The molecule has 5 nitrogen and oxygen atoms in total. The van der Waals surface area contributed by atoms with E-state index in [4.69, 9.17) is 19.2 Å². The molecule has 0 atom stereocenters. The van der Waals surface area contributed by atoms with Gasteiger partial charge in [0.1, 0.15) is 23.2 Å². The Morgan fingerprint density at radius 2 is 0.914 bits per heavy atom. The standard InChI is InChI=1S/C28H29NP.H3O4P/c1-5-13-25(14-6-1)21-22-29-23-24-30(26-15-7-2-8-16-26,27-17-9-3-10-18-27)28-19-11-4-12-20-28;1-5(2,3)4/h1-20,29H,21-24H2;(H3,1,2,3,4)/q+1;. The molecule has 0 aromatic heterocycles. The van der Waals surface area contributed by atoms with Gasteiger partial charge >= 0.3 is 7.82 Å². The van der Waals surface area contributed by atoms with Crippen LogP contribution in [0.5, 0.6) is 0 Å². The van der Waals surface area contributed by atoms with Crippen LogP contribution in [-0.2, 0) is 11.0 Å². The average molecular weight is 509 g/mol. The Morgan fingerprint density at radius 3 is 1.29 bits per heavy atom. The highest BCUT2D eigenvalue weighted by molar-refractivity contribution is 7.95. The van der Waals surface area contributed by atoms with E-state index in [1.54, 1.807) is 0 Å². The number of hydrogen-bond acceptors (Lipinski definition) is 2. The summed E-state index contributed by atoms with van der Waals surface area (Å²) in [5, 5.41) is 8.08. The highest BCUT2D eigenvalue weighted by Crippen LogP contribution is 2.54. The predicted octanol–water partition coefficient (Wildman–Crippen LogP) is 3.88. The van der Waals surface area contributed by atoms with E-state index in [0.29, 0.717) is 0 Å². The molecule has 4 rings (SSSR count). The third-order valence-corrected chi connectivity index (χ3v) is 10.1. The van der Waals surface area contributed by atoms with Crippen LogP contribution in [0.1, 0.15) is 5.56 Å². The van der Waals surface area contributed by atoms with E-state index >= 15 is 0 Å². The molecule has 0 aliphatic rings. The van der Waals surface area contributed by atoms with Crippen molar-refractivity contribution in [2.75, 3.05) is 19.3 Å². The van der Waals surface area contributed by atoms with Crippen molar-refractivity contribution in [1.29, 1.82) is 0 Å². The maximum atomic E-state index is 8.88. The summed E-state index contributed by atoms with van der Waals surface area (Å²) in [7, 11) is -6.37. The summed E-state index contributed by atoms with van der Waals surface area (Å²) in [6.07, 6.45) is 2.17. The molecular weight excluding hydrogens is 476 g/mol. The number of rotatable bonds is 9. The van der Waals surface area contributed by atoms with Crippen molar-refractivity contribution in [3.8, 4) is 0 Å². The molecule has 4 aromatic carbocycles. The van der Waals surface area contributed by atoms with Gasteiger partial charge < -0.3 is 20.0 Å². The van der Waals surface area contributed by atoms with Crippen LogP contribution in [0, 0.1) is 0 Å². The number of phosphoric acid groups is 1. The molecule has 0 spiro atoms. The summed E-state index contributed by atoms with van der Waals surface area (Å²) in [6, 6.07) is 44.1. The Balaban J connectivity index is 0.000000623. The van der Waals surface area contributed by atoms with Crippen molar-refractivity contribution in [2.24, 2.45) is 0 Å². The van der Waals surface area contributed by atoms with Gasteiger partial charge in [0.2, 0.25) is 0 Å². The monoisotopic (exact) mass is 508 g/mol. The number of benzene rings is 4. The molecule has 7 heteroatoms. The minimum atomic E-state index is -4.64. The normalized spacial score (nSPS) is 11.4. The van der Waals surface area contributed by atoms with Gasteiger partial charge in [-0.1, -0.05) is 84.9 Å². The molecule has 4 aromatic rings. The molecule has 182 valence electrons. The van der Waals surface area contributed by atoms with Crippen molar-refractivity contribution < 1.29 is 19.2 Å². The predicted molar refractivity (Wildman–Crippen MR) is 147 cm³/mol. The maximum absolute atomic E-state index is 8.88. The first-order valence-corrected chi connectivity index (χ1v) is 15.0. The van der Waals surface area contributed by atoms with Crippen LogP contribution in [0.25, 0.3) is 0 Å². The van der Waals surface area contributed by atoms with E-state index in [-0.39, 0.29) is 0 Å². The van der Waals surface area contributed by atoms with Gasteiger partial charge in [-0.3, -0.25) is 0 Å². The summed E-state index contributed by atoms with van der Waals surface area (Å²) >= 11 is 0. The van der Waals surface area contributed by atoms with Crippen molar-refractivity contribution in [3.05, 3.63) is 127 Å². The van der Waals surface area contributed by atoms with E-state index in [9.17, 15) is 0 Å². The zero-order valence-corrected chi connectivity index (χ0v) is 21.3. The summed E-state index contributed by atoms with van der Waals surface area (Å²) in [5.41, 5.74) is 1.39. The third-order valence-electron chi connectivity index (χ3n) is 5.65. The first-order chi connectivity index (χ1) is 16.9. The minimum absolute atomic E-state index is 0.999. The van der Waals surface area contributed by atoms with Gasteiger partial charge in [-0.15, -0.1) is 0 Å². The van der Waals surface area contributed by atoms with E-state index in [0.717, 1.165) is 25.7 Å². The Bertz CT molecular complexity index is 1070. The van der Waals surface area contributed by atoms with Crippen molar-refractivity contribution in [2.45, 2.75) is 6.42 Å². The Labute approximate surface area is 208 Å². The van der Waals surface area contributed by atoms with Crippen molar-refractivity contribution in [1.82, 2.24) is 5.32 Å². The number of hydrogen-bond donors (Lipinski definition) is 4. The highest BCUT2D eigenvalue weighted by Gasteiger charge is 2.44. The summed E-state index contributed by atoms with van der Waals surface area (Å²) in [4.78, 5) is 21.6. The number of nitrogens with one attached hydrogen (secondary N) is 1. The zero-order valence-electron chi connectivity index (χ0n) is 19.5. The molecule has 0 saturated heterocycles. The van der Waals surface area contributed by atoms with E-state index in [1.807, 2.05) is 0 Å². The fourth-order valence-corrected chi connectivity index (χ4v) is 8.34. The summed E-state index contributed by atoms with van der Waals surface area (Å²) < 4.78 is 8.88. The fraction of sp³-hybridized carbons (Fsp3) is 0.143. The Kier molecular flexibility index (Phi) is 10.4. The average Bonchev–Trinajstić information content (AvgIpc) is 2.88. The van der Waals surface area contributed by atoms with Crippen LogP contribution in [0.15, 0.2) is 121 Å². The molecule has 35 heavy (non-hydrogen) atoms. The molecular formula is C28H32NO4P2+. The second-order valence-corrected chi connectivity index (χ2v) is 12.7. The first kappa shape index (κ1) is 27.0. The molecule has 0 radical (unpaired) electrons. The highest BCUT2D eigenvalue weighted by atomic mass is 31.2. The van der Waals surface area contributed by atoms with Gasteiger partial charge in [0.05, 0.1) is 6.16 Å². The van der Waals surface area contributed by atoms with Crippen LogP contribution < -0.4 is 21.2 Å². The lowest BCUT2D eigenvalue weighted by Gasteiger charge is -2.27. The molecule has 0 fully saturated rings. The van der Waals surface area contributed by atoms with Gasteiger partial charge in [0.25, 0.3) is 0 Å². The van der Waals surface area contributed by atoms with Crippen LogP contribution in [-0.4, -0.2) is 33.9 Å². The minimum Gasteiger partial charge on any atom is -0.313 e. The Morgan fingerprint density at radius 1 is 0.571 bits per heavy atom. The third kappa shape index (κ3) is 8.52. The molecule has 4 N–H and O–H groups in total. The maximum Gasteiger partial charge on any atom is 0.466 e. The topological polar surface area (TPSA) is 89.8 Å². The summed E-state index contributed by atoms with van der Waals surface area (Å²) in [6.45, 7) is 2.00. The zero-order chi connectivity index (χ0) is 25.0. The largest absolute Gasteiger partial charge is 0.466 e. The van der Waals surface area contributed by atoms with Crippen LogP contribution >= 0.6 is 15.1 Å². The second-order valence-electron chi connectivity index (χ2n) is 8.04. The lowest BCUT2D eigenvalue weighted by molar-refractivity contribution is 0.275. The fourth-order valence-electron chi connectivity index (χ4n) is 4.13. The molecule has 0 aliphatic carbocycles. The van der Waals surface area contributed by atoms with E-state index < -0.39 is 15.1 Å². The molecule has 0 amide bonds. The molecule has 0 unspecified atom stereocenters. The Hall–Kier alpha value is -2.62. The smallest absolute Gasteiger partial charge is 0.313 e. The lowest BCUT2D eigenvalue weighted by Crippen LogP contribution is -2.36. The van der Waals surface area contributed by atoms with Gasteiger partial charge in [-0.25, -0.2) is 4.57 Å². The SMILES string of the molecule is O=P(O)(O)O.c1ccc(CCNCC[P+](c2ccccc2)(c2ccccc2)c2ccccc2)cc1. The van der Waals surface area contributed by atoms with E-state index in [2.05, 4.69) is 127 Å². The molecule has 0 aliphatic heterocycles. The summed E-state index contributed by atoms with van der Waals surface area (Å²) in [5.74, 6) is 0. The second kappa shape index (κ2) is 13.5. The first-order valence-electron chi connectivity index (χ1n) is 11.5. The van der Waals surface area contributed by atoms with Gasteiger partial charge in [-0.05, 0) is 54.9 Å². The van der Waals surface area contributed by atoms with Gasteiger partial charge in [-0.2, -0.15) is 0 Å². The lowest BCUT2D eigenvalue weighted by atomic mass is 10.1. The van der Waals surface area contributed by atoms with E-state index in [1.165, 1.54) is 21.5 Å². The van der Waals surface area contributed by atoms with Gasteiger partial charge in [0.15, 0.2) is 0 Å². The van der Waals surface area contributed by atoms with Crippen molar-refractivity contribution in [3.63, 3.8) is 0 Å². The molecule has 0 saturated carbocycles. The van der Waals surface area contributed by atoms with Crippen molar-refractivity contribution >= 4 is 31.0 Å².